The average molecular weight is 249 g/mol. The Labute approximate surface area is 105 Å². The smallest absolute Gasteiger partial charge is 0.321 e. The molecule has 5 nitrogen and oxygen atoms in total. The van der Waals surface area contributed by atoms with Crippen molar-refractivity contribution in [3.63, 3.8) is 0 Å². The molecule has 0 amide bonds. The van der Waals surface area contributed by atoms with Crippen molar-refractivity contribution in [1.82, 2.24) is 5.32 Å². The van der Waals surface area contributed by atoms with Gasteiger partial charge in [-0.1, -0.05) is 36.9 Å². The van der Waals surface area contributed by atoms with E-state index in [0.717, 1.165) is 11.1 Å². The normalized spacial score (nSPS) is 11.8. The van der Waals surface area contributed by atoms with Crippen molar-refractivity contribution >= 4 is 18.0 Å². The van der Waals surface area contributed by atoms with Gasteiger partial charge in [0, 0.05) is 6.54 Å². The van der Waals surface area contributed by atoms with Crippen molar-refractivity contribution in [2.24, 2.45) is 0 Å². The van der Waals surface area contributed by atoms with Crippen LogP contribution in [0.25, 0.3) is 6.08 Å². The van der Waals surface area contributed by atoms with Gasteiger partial charge in [-0.15, -0.1) is 0 Å². The molecular weight excluding hydrogens is 234 g/mol. The summed E-state index contributed by atoms with van der Waals surface area (Å²) in [6.07, 6.45) is 1.27. The molecule has 1 rings (SSSR count). The van der Waals surface area contributed by atoms with Gasteiger partial charge in [-0.2, -0.15) is 0 Å². The van der Waals surface area contributed by atoms with Crippen LogP contribution in [0.15, 0.2) is 30.8 Å². The van der Waals surface area contributed by atoms with Crippen molar-refractivity contribution in [1.29, 1.82) is 0 Å². The number of carboxylic acid groups (broad SMARTS) is 2. The van der Waals surface area contributed by atoms with Crippen LogP contribution in [0.1, 0.15) is 17.5 Å². The number of rotatable bonds is 7. The molecule has 0 heterocycles. The molecule has 1 aromatic rings. The number of nitrogens with one attached hydrogen (secondary N) is 1. The molecule has 0 spiro atoms. The molecular formula is C13H15NO4. The molecule has 1 unspecified atom stereocenters. The van der Waals surface area contributed by atoms with Crippen molar-refractivity contribution in [3.8, 4) is 0 Å². The molecule has 0 aliphatic carbocycles. The number of carbonyl (C=O) groups is 2. The van der Waals surface area contributed by atoms with Gasteiger partial charge in [-0.05, 0) is 11.1 Å². The lowest BCUT2D eigenvalue weighted by atomic mass is 10.1. The Morgan fingerprint density at radius 1 is 1.28 bits per heavy atom. The highest BCUT2D eigenvalue weighted by Gasteiger charge is 2.19. The predicted octanol–water partition coefficient (Wildman–Crippen LogP) is 1.35. The van der Waals surface area contributed by atoms with Gasteiger partial charge >= 0.3 is 11.9 Å². The lowest BCUT2D eigenvalue weighted by molar-refractivity contribution is -0.146. The number of carboxylic acids is 2. The standard InChI is InChI=1S/C13H15NO4/c1-2-9-3-5-10(6-4-9)8-14-11(13(17)18)7-12(15)16/h2-6,11,14H,1,7-8H2,(H,15,16)(H,17,18). The first-order valence-electron chi connectivity index (χ1n) is 5.42. The van der Waals surface area contributed by atoms with Gasteiger partial charge in [0.15, 0.2) is 0 Å². The Morgan fingerprint density at radius 2 is 1.89 bits per heavy atom. The van der Waals surface area contributed by atoms with E-state index in [4.69, 9.17) is 10.2 Å². The monoisotopic (exact) mass is 249 g/mol. The summed E-state index contributed by atoms with van der Waals surface area (Å²) in [6.45, 7) is 3.94. The van der Waals surface area contributed by atoms with Gasteiger partial charge in [-0.3, -0.25) is 14.9 Å². The second-order valence-electron chi connectivity index (χ2n) is 3.82. The van der Waals surface area contributed by atoms with Crippen molar-refractivity contribution < 1.29 is 19.8 Å². The molecule has 0 saturated carbocycles. The van der Waals surface area contributed by atoms with Crippen molar-refractivity contribution in [2.75, 3.05) is 0 Å². The zero-order valence-corrected chi connectivity index (χ0v) is 9.80. The minimum atomic E-state index is -1.17. The first-order valence-corrected chi connectivity index (χ1v) is 5.42. The largest absolute Gasteiger partial charge is 0.481 e. The number of hydrogen-bond acceptors (Lipinski definition) is 3. The molecule has 3 N–H and O–H groups in total. The maximum absolute atomic E-state index is 10.8. The van der Waals surface area contributed by atoms with Crippen LogP contribution in [0.5, 0.6) is 0 Å². The Bertz CT molecular complexity index is 439. The average Bonchev–Trinajstić information content (AvgIpc) is 2.34. The maximum Gasteiger partial charge on any atom is 0.321 e. The van der Waals surface area contributed by atoms with Crippen LogP contribution in [0, 0.1) is 0 Å². The fourth-order valence-electron chi connectivity index (χ4n) is 1.43. The molecule has 0 radical (unpaired) electrons. The molecule has 0 fully saturated rings. The number of aliphatic carboxylic acids is 2. The fraction of sp³-hybridized carbons (Fsp3) is 0.231. The topological polar surface area (TPSA) is 86.6 Å². The molecule has 0 saturated heterocycles. The summed E-state index contributed by atoms with van der Waals surface area (Å²) < 4.78 is 0. The molecule has 96 valence electrons. The fourth-order valence-corrected chi connectivity index (χ4v) is 1.43. The van der Waals surface area contributed by atoms with E-state index in [1.807, 2.05) is 24.3 Å². The summed E-state index contributed by atoms with van der Waals surface area (Å²) in [5.41, 5.74) is 1.86. The zero-order chi connectivity index (χ0) is 13.5. The van der Waals surface area contributed by atoms with Crippen LogP contribution in [-0.4, -0.2) is 28.2 Å². The molecule has 1 aromatic carbocycles. The van der Waals surface area contributed by atoms with Gasteiger partial charge in [0.1, 0.15) is 6.04 Å². The first kappa shape index (κ1) is 13.9. The van der Waals surface area contributed by atoms with Crippen LogP contribution >= 0.6 is 0 Å². The summed E-state index contributed by atoms with van der Waals surface area (Å²) in [6, 6.07) is 6.31. The van der Waals surface area contributed by atoms with Crippen molar-refractivity contribution in [2.45, 2.75) is 19.0 Å². The third-order valence-electron chi connectivity index (χ3n) is 2.44. The van der Waals surface area contributed by atoms with E-state index in [0.29, 0.717) is 6.54 Å². The molecule has 5 heteroatoms. The molecule has 1 atom stereocenters. The Morgan fingerprint density at radius 3 is 2.33 bits per heavy atom. The highest BCUT2D eigenvalue weighted by Crippen LogP contribution is 2.06. The number of hydrogen-bond donors (Lipinski definition) is 3. The maximum atomic E-state index is 10.8. The second-order valence-corrected chi connectivity index (χ2v) is 3.82. The van der Waals surface area contributed by atoms with E-state index in [2.05, 4.69) is 11.9 Å². The quantitative estimate of drug-likeness (QED) is 0.679. The highest BCUT2D eigenvalue weighted by atomic mass is 16.4. The second kappa shape index (κ2) is 6.56. The molecule has 0 aliphatic rings. The lowest BCUT2D eigenvalue weighted by Gasteiger charge is -2.12. The van der Waals surface area contributed by atoms with E-state index < -0.39 is 24.4 Å². The first-order chi connectivity index (χ1) is 8.52. The van der Waals surface area contributed by atoms with E-state index in [-0.39, 0.29) is 0 Å². The predicted molar refractivity (Wildman–Crippen MR) is 67.0 cm³/mol. The summed E-state index contributed by atoms with van der Waals surface area (Å²) in [4.78, 5) is 21.3. The Balaban J connectivity index is 2.57. The van der Waals surface area contributed by atoms with Crippen molar-refractivity contribution in [3.05, 3.63) is 42.0 Å². The SMILES string of the molecule is C=Cc1ccc(CNC(CC(=O)O)C(=O)O)cc1. The Kier molecular flexibility index (Phi) is 5.07. The minimum absolute atomic E-state index is 0.307. The van der Waals surface area contributed by atoms with Crippen LogP contribution in [0.2, 0.25) is 0 Å². The van der Waals surface area contributed by atoms with Crippen LogP contribution in [-0.2, 0) is 16.1 Å². The van der Waals surface area contributed by atoms with Gasteiger partial charge in [0.25, 0.3) is 0 Å². The van der Waals surface area contributed by atoms with Gasteiger partial charge < -0.3 is 10.2 Å². The van der Waals surface area contributed by atoms with E-state index in [1.165, 1.54) is 0 Å². The van der Waals surface area contributed by atoms with E-state index >= 15 is 0 Å². The van der Waals surface area contributed by atoms with Crippen LogP contribution in [0.3, 0.4) is 0 Å². The Hall–Kier alpha value is -2.14. The molecule has 0 bridgehead atoms. The zero-order valence-electron chi connectivity index (χ0n) is 9.80. The summed E-state index contributed by atoms with van der Waals surface area (Å²) in [5, 5.41) is 20.1. The van der Waals surface area contributed by atoms with Crippen LogP contribution in [0.4, 0.5) is 0 Å². The van der Waals surface area contributed by atoms with E-state index in [1.54, 1.807) is 6.08 Å². The van der Waals surface area contributed by atoms with E-state index in [9.17, 15) is 9.59 Å². The summed E-state index contributed by atoms with van der Waals surface area (Å²) >= 11 is 0. The lowest BCUT2D eigenvalue weighted by Crippen LogP contribution is -2.38. The van der Waals surface area contributed by atoms with Gasteiger partial charge in [-0.25, -0.2) is 0 Å². The molecule has 18 heavy (non-hydrogen) atoms. The number of benzene rings is 1. The molecule has 0 aliphatic heterocycles. The summed E-state index contributed by atoms with van der Waals surface area (Å²) in [7, 11) is 0. The summed E-state index contributed by atoms with van der Waals surface area (Å²) in [5.74, 6) is -2.31. The van der Waals surface area contributed by atoms with Gasteiger partial charge in [0.05, 0.1) is 6.42 Å². The third-order valence-corrected chi connectivity index (χ3v) is 2.44. The third kappa shape index (κ3) is 4.39. The van der Waals surface area contributed by atoms with Gasteiger partial charge in [0.2, 0.25) is 0 Å². The minimum Gasteiger partial charge on any atom is -0.481 e. The van der Waals surface area contributed by atoms with Crippen LogP contribution < -0.4 is 5.32 Å². The molecule has 0 aromatic heterocycles. The highest BCUT2D eigenvalue weighted by molar-refractivity contribution is 5.80.